The summed E-state index contributed by atoms with van der Waals surface area (Å²) >= 11 is 0. The molecule has 0 aliphatic carbocycles. The zero-order chi connectivity index (χ0) is 17.3. The Morgan fingerprint density at radius 2 is 1.92 bits per heavy atom. The van der Waals surface area contributed by atoms with Crippen molar-refractivity contribution in [3.05, 3.63) is 11.6 Å². The average molecular weight is 333 g/mol. The lowest BCUT2D eigenvalue weighted by Crippen LogP contribution is -2.36. The van der Waals surface area contributed by atoms with E-state index in [1.165, 1.54) is 6.42 Å². The number of fused-ring (bicyclic) bond motifs is 1. The molecule has 1 amide bonds. The van der Waals surface area contributed by atoms with Gasteiger partial charge in [0.25, 0.3) is 0 Å². The molecule has 6 nitrogen and oxygen atoms in total. The first kappa shape index (κ1) is 17.4. The fraction of sp³-hybridized carbons (Fsp3) is 0.833. The Kier molecular flexibility index (Phi) is 5.23. The summed E-state index contributed by atoms with van der Waals surface area (Å²) in [5.41, 5.74) is 0. The predicted molar refractivity (Wildman–Crippen MR) is 93.8 cm³/mol. The number of nitrogens with zero attached hydrogens (tertiary/aromatic N) is 5. The third-order valence-corrected chi connectivity index (χ3v) is 5.12. The Hall–Kier alpha value is -1.43. The highest BCUT2D eigenvalue weighted by Gasteiger charge is 2.30. The number of rotatable bonds is 4. The van der Waals surface area contributed by atoms with Gasteiger partial charge in [0, 0.05) is 51.0 Å². The van der Waals surface area contributed by atoms with Crippen LogP contribution >= 0.6 is 0 Å². The van der Waals surface area contributed by atoms with Crippen molar-refractivity contribution in [1.82, 2.24) is 24.6 Å². The molecule has 0 saturated carbocycles. The quantitative estimate of drug-likeness (QED) is 0.842. The van der Waals surface area contributed by atoms with Gasteiger partial charge in [0.05, 0.1) is 0 Å². The van der Waals surface area contributed by atoms with Crippen molar-refractivity contribution in [2.75, 3.05) is 32.7 Å². The van der Waals surface area contributed by atoms with Crippen LogP contribution in [0.25, 0.3) is 0 Å². The summed E-state index contributed by atoms with van der Waals surface area (Å²) in [6.45, 7) is 14.3. The molecule has 0 N–H and O–H groups in total. The maximum atomic E-state index is 12.3. The topological polar surface area (TPSA) is 54.3 Å². The molecule has 0 bridgehead atoms. The highest BCUT2D eigenvalue weighted by atomic mass is 16.2. The maximum Gasteiger partial charge on any atom is 0.225 e. The standard InChI is InChI=1S/C18H31N5O/c1-13(2)11-21-7-5-15(12-21)17-20-19-16-6-8-22(9-10-23(16)17)18(24)14(3)4/h13-15H,5-12H2,1-4H3. The van der Waals surface area contributed by atoms with Crippen molar-refractivity contribution >= 4 is 5.91 Å². The van der Waals surface area contributed by atoms with Gasteiger partial charge in [-0.05, 0) is 18.9 Å². The number of hydrogen-bond donors (Lipinski definition) is 0. The Bertz CT molecular complexity index is 580. The second-order valence-corrected chi connectivity index (χ2v) is 8.00. The van der Waals surface area contributed by atoms with E-state index >= 15 is 0 Å². The van der Waals surface area contributed by atoms with Gasteiger partial charge in [0.2, 0.25) is 5.91 Å². The van der Waals surface area contributed by atoms with E-state index in [1.807, 2.05) is 18.7 Å². The lowest BCUT2D eigenvalue weighted by molar-refractivity contribution is -0.134. The summed E-state index contributed by atoms with van der Waals surface area (Å²) in [4.78, 5) is 16.8. The van der Waals surface area contributed by atoms with E-state index in [2.05, 4.69) is 33.5 Å². The van der Waals surface area contributed by atoms with Gasteiger partial charge in [0.15, 0.2) is 0 Å². The van der Waals surface area contributed by atoms with E-state index in [9.17, 15) is 4.79 Å². The van der Waals surface area contributed by atoms with Crippen molar-refractivity contribution in [3.63, 3.8) is 0 Å². The molecule has 0 radical (unpaired) electrons. The number of carbonyl (C=O) groups is 1. The number of hydrogen-bond acceptors (Lipinski definition) is 4. The first-order chi connectivity index (χ1) is 11.5. The van der Waals surface area contributed by atoms with E-state index < -0.39 is 0 Å². The highest BCUT2D eigenvalue weighted by molar-refractivity contribution is 5.78. The van der Waals surface area contributed by atoms with Gasteiger partial charge >= 0.3 is 0 Å². The van der Waals surface area contributed by atoms with Crippen LogP contribution in [0.3, 0.4) is 0 Å². The fourth-order valence-electron chi connectivity index (χ4n) is 3.96. The van der Waals surface area contributed by atoms with Crippen LogP contribution in [0.1, 0.15) is 51.7 Å². The molecule has 0 aromatic carbocycles. The Labute approximate surface area is 145 Å². The summed E-state index contributed by atoms with van der Waals surface area (Å²) in [6.07, 6.45) is 1.98. The molecule has 1 aromatic heterocycles. The minimum absolute atomic E-state index is 0.0624. The van der Waals surface area contributed by atoms with Crippen LogP contribution in [0, 0.1) is 11.8 Å². The molecule has 1 aromatic rings. The van der Waals surface area contributed by atoms with Crippen LogP contribution in [0.2, 0.25) is 0 Å². The van der Waals surface area contributed by atoms with Crippen molar-refractivity contribution in [2.24, 2.45) is 11.8 Å². The molecule has 0 spiro atoms. The minimum Gasteiger partial charge on any atom is -0.340 e. The normalized spacial score (nSPS) is 22.2. The molecule has 1 saturated heterocycles. The summed E-state index contributed by atoms with van der Waals surface area (Å²) in [5.74, 6) is 3.68. The first-order valence-electron chi connectivity index (χ1n) is 9.38. The largest absolute Gasteiger partial charge is 0.340 e. The van der Waals surface area contributed by atoms with Crippen LogP contribution < -0.4 is 0 Å². The van der Waals surface area contributed by atoms with E-state index in [1.54, 1.807) is 0 Å². The fourth-order valence-corrected chi connectivity index (χ4v) is 3.96. The van der Waals surface area contributed by atoms with E-state index in [-0.39, 0.29) is 11.8 Å². The lowest BCUT2D eigenvalue weighted by Gasteiger charge is -2.22. The predicted octanol–water partition coefficient (Wildman–Crippen LogP) is 1.76. The molecule has 3 heterocycles. The van der Waals surface area contributed by atoms with Crippen molar-refractivity contribution < 1.29 is 4.79 Å². The van der Waals surface area contributed by atoms with E-state index in [0.717, 1.165) is 57.3 Å². The smallest absolute Gasteiger partial charge is 0.225 e. The lowest BCUT2D eigenvalue weighted by atomic mass is 10.1. The van der Waals surface area contributed by atoms with Crippen LogP contribution in [0.4, 0.5) is 0 Å². The molecule has 1 fully saturated rings. The molecule has 3 rings (SSSR count). The van der Waals surface area contributed by atoms with Crippen LogP contribution in [0.5, 0.6) is 0 Å². The van der Waals surface area contributed by atoms with Gasteiger partial charge in [-0.3, -0.25) is 4.79 Å². The number of carbonyl (C=O) groups excluding carboxylic acids is 1. The monoisotopic (exact) mass is 333 g/mol. The zero-order valence-corrected chi connectivity index (χ0v) is 15.5. The number of aromatic nitrogens is 3. The van der Waals surface area contributed by atoms with Crippen molar-refractivity contribution in [2.45, 2.75) is 53.0 Å². The maximum absolute atomic E-state index is 12.3. The third kappa shape index (κ3) is 3.63. The van der Waals surface area contributed by atoms with Crippen molar-refractivity contribution in [3.8, 4) is 0 Å². The van der Waals surface area contributed by atoms with Gasteiger partial charge in [-0.2, -0.15) is 0 Å². The molecule has 2 aliphatic rings. The first-order valence-corrected chi connectivity index (χ1v) is 9.38. The highest BCUT2D eigenvalue weighted by Crippen LogP contribution is 2.27. The van der Waals surface area contributed by atoms with Crippen LogP contribution in [-0.4, -0.2) is 63.2 Å². The Morgan fingerprint density at radius 1 is 1.12 bits per heavy atom. The summed E-state index contributed by atoms with van der Waals surface area (Å²) in [6, 6.07) is 0. The second kappa shape index (κ2) is 7.21. The Morgan fingerprint density at radius 3 is 2.62 bits per heavy atom. The second-order valence-electron chi connectivity index (χ2n) is 8.00. The van der Waals surface area contributed by atoms with Crippen molar-refractivity contribution in [1.29, 1.82) is 0 Å². The third-order valence-electron chi connectivity index (χ3n) is 5.12. The Balaban J connectivity index is 1.68. The molecule has 6 heteroatoms. The summed E-state index contributed by atoms with van der Waals surface area (Å²) in [7, 11) is 0. The zero-order valence-electron chi connectivity index (χ0n) is 15.5. The van der Waals surface area contributed by atoms with Crippen LogP contribution in [-0.2, 0) is 17.8 Å². The van der Waals surface area contributed by atoms with Gasteiger partial charge in [0.1, 0.15) is 11.6 Å². The average Bonchev–Trinajstić information content (AvgIpc) is 3.07. The number of amides is 1. The minimum atomic E-state index is 0.0624. The van der Waals surface area contributed by atoms with E-state index in [0.29, 0.717) is 11.8 Å². The van der Waals surface area contributed by atoms with Gasteiger partial charge in [-0.15, -0.1) is 10.2 Å². The van der Waals surface area contributed by atoms with E-state index in [4.69, 9.17) is 0 Å². The molecule has 134 valence electrons. The van der Waals surface area contributed by atoms with Gasteiger partial charge < -0.3 is 14.4 Å². The van der Waals surface area contributed by atoms with Gasteiger partial charge in [-0.1, -0.05) is 27.7 Å². The molecule has 1 atom stereocenters. The number of likely N-dealkylation sites (tertiary alicyclic amines) is 1. The van der Waals surface area contributed by atoms with Gasteiger partial charge in [-0.25, -0.2) is 0 Å². The molecular weight excluding hydrogens is 302 g/mol. The molecular formula is C18H31N5O. The molecule has 2 aliphatic heterocycles. The molecule has 1 unspecified atom stereocenters. The van der Waals surface area contributed by atoms with Crippen LogP contribution in [0.15, 0.2) is 0 Å². The summed E-state index contributed by atoms with van der Waals surface area (Å²) < 4.78 is 2.29. The summed E-state index contributed by atoms with van der Waals surface area (Å²) in [5, 5.41) is 8.97. The molecule has 24 heavy (non-hydrogen) atoms. The SMILES string of the molecule is CC(C)CN1CCC(c2nnc3n2CCN(C(=O)C(C)C)CC3)C1.